The SMILES string of the molecule is CCCNC(C1=CCCCC1)c1cnccn1. The van der Waals surface area contributed by atoms with Crippen LogP contribution in [0.3, 0.4) is 0 Å². The molecule has 0 aromatic carbocycles. The van der Waals surface area contributed by atoms with Crippen molar-refractivity contribution in [2.24, 2.45) is 0 Å². The summed E-state index contributed by atoms with van der Waals surface area (Å²) in [7, 11) is 0. The molecule has 17 heavy (non-hydrogen) atoms. The molecule has 0 bridgehead atoms. The number of hydrogen-bond donors (Lipinski definition) is 1. The van der Waals surface area contributed by atoms with E-state index in [2.05, 4.69) is 28.3 Å². The third kappa shape index (κ3) is 3.37. The minimum absolute atomic E-state index is 0.268. The summed E-state index contributed by atoms with van der Waals surface area (Å²) in [5.41, 5.74) is 2.54. The Balaban J connectivity index is 2.15. The van der Waals surface area contributed by atoms with Gasteiger partial charge in [0.25, 0.3) is 0 Å². The quantitative estimate of drug-likeness (QED) is 0.792. The lowest BCUT2D eigenvalue weighted by molar-refractivity contribution is 0.536. The van der Waals surface area contributed by atoms with Crippen molar-refractivity contribution < 1.29 is 0 Å². The first-order valence-corrected chi connectivity index (χ1v) is 6.60. The Morgan fingerprint density at radius 3 is 2.94 bits per heavy atom. The minimum Gasteiger partial charge on any atom is -0.305 e. The van der Waals surface area contributed by atoms with E-state index in [-0.39, 0.29) is 6.04 Å². The lowest BCUT2D eigenvalue weighted by Gasteiger charge is -2.23. The maximum atomic E-state index is 4.44. The second kappa shape index (κ2) is 6.50. The highest BCUT2D eigenvalue weighted by Gasteiger charge is 2.18. The zero-order valence-corrected chi connectivity index (χ0v) is 10.5. The summed E-state index contributed by atoms with van der Waals surface area (Å²) >= 11 is 0. The van der Waals surface area contributed by atoms with E-state index in [1.54, 1.807) is 12.4 Å². The van der Waals surface area contributed by atoms with Gasteiger partial charge in [-0.3, -0.25) is 9.97 Å². The van der Waals surface area contributed by atoms with Gasteiger partial charge in [-0.05, 0) is 38.6 Å². The van der Waals surface area contributed by atoms with E-state index in [9.17, 15) is 0 Å². The summed E-state index contributed by atoms with van der Waals surface area (Å²) in [6.07, 6.45) is 13.9. The van der Waals surface area contributed by atoms with E-state index < -0.39 is 0 Å². The number of hydrogen-bond acceptors (Lipinski definition) is 3. The molecular formula is C14H21N3. The average Bonchev–Trinajstić information content (AvgIpc) is 2.42. The topological polar surface area (TPSA) is 37.8 Å². The predicted octanol–water partition coefficient (Wildman–Crippen LogP) is 3.02. The van der Waals surface area contributed by atoms with Crippen LogP contribution < -0.4 is 5.32 Å². The van der Waals surface area contributed by atoms with Gasteiger partial charge in [0.1, 0.15) is 0 Å². The first kappa shape index (κ1) is 12.2. The fraction of sp³-hybridized carbons (Fsp3) is 0.571. The van der Waals surface area contributed by atoms with Crippen molar-refractivity contribution in [1.29, 1.82) is 0 Å². The van der Waals surface area contributed by atoms with Gasteiger partial charge >= 0.3 is 0 Å². The van der Waals surface area contributed by atoms with Gasteiger partial charge < -0.3 is 5.32 Å². The molecule has 1 N–H and O–H groups in total. The molecule has 92 valence electrons. The molecule has 1 heterocycles. The highest BCUT2D eigenvalue weighted by Crippen LogP contribution is 2.28. The largest absolute Gasteiger partial charge is 0.305 e. The molecule has 2 rings (SSSR count). The number of nitrogens with one attached hydrogen (secondary N) is 1. The molecule has 0 saturated carbocycles. The minimum atomic E-state index is 0.268. The van der Waals surface area contributed by atoms with Crippen molar-refractivity contribution in [3.63, 3.8) is 0 Å². The third-order valence-electron chi connectivity index (χ3n) is 3.17. The van der Waals surface area contributed by atoms with E-state index in [0.717, 1.165) is 18.7 Å². The Kier molecular flexibility index (Phi) is 4.68. The molecule has 1 aliphatic carbocycles. The highest BCUT2D eigenvalue weighted by atomic mass is 14.9. The standard InChI is InChI=1S/C14H21N3/c1-2-8-17-14(12-6-4-3-5-7-12)13-11-15-9-10-16-13/h6,9-11,14,17H,2-5,7-8H2,1H3. The molecule has 3 nitrogen and oxygen atoms in total. The Labute approximate surface area is 103 Å². The molecule has 1 aliphatic rings. The lowest BCUT2D eigenvalue weighted by atomic mass is 9.92. The van der Waals surface area contributed by atoms with Crippen LogP contribution in [0.25, 0.3) is 0 Å². The van der Waals surface area contributed by atoms with E-state index >= 15 is 0 Å². The maximum absolute atomic E-state index is 4.44. The van der Waals surface area contributed by atoms with Crippen LogP contribution in [0.4, 0.5) is 0 Å². The van der Waals surface area contributed by atoms with Crippen LogP contribution in [0, 0.1) is 0 Å². The van der Waals surface area contributed by atoms with Gasteiger partial charge in [0.2, 0.25) is 0 Å². The zero-order valence-electron chi connectivity index (χ0n) is 10.5. The van der Waals surface area contributed by atoms with Crippen LogP contribution in [0.1, 0.15) is 50.8 Å². The van der Waals surface area contributed by atoms with Gasteiger partial charge in [-0.25, -0.2) is 0 Å². The van der Waals surface area contributed by atoms with E-state index in [1.165, 1.54) is 31.3 Å². The molecular weight excluding hydrogens is 210 g/mol. The molecule has 0 spiro atoms. The normalized spacial score (nSPS) is 17.6. The summed E-state index contributed by atoms with van der Waals surface area (Å²) in [5, 5.41) is 3.58. The maximum Gasteiger partial charge on any atom is 0.0798 e. The van der Waals surface area contributed by atoms with Crippen molar-refractivity contribution in [2.45, 2.75) is 45.1 Å². The zero-order chi connectivity index (χ0) is 11.9. The van der Waals surface area contributed by atoms with Crippen molar-refractivity contribution in [1.82, 2.24) is 15.3 Å². The predicted molar refractivity (Wildman–Crippen MR) is 69.6 cm³/mol. The summed E-state index contributed by atoms with van der Waals surface area (Å²) in [4.78, 5) is 8.62. The molecule has 0 saturated heterocycles. The molecule has 1 atom stereocenters. The Morgan fingerprint density at radius 1 is 1.35 bits per heavy atom. The van der Waals surface area contributed by atoms with Crippen molar-refractivity contribution in [3.8, 4) is 0 Å². The van der Waals surface area contributed by atoms with Crippen LogP contribution in [0.2, 0.25) is 0 Å². The molecule has 0 radical (unpaired) electrons. The van der Waals surface area contributed by atoms with Crippen LogP contribution in [-0.4, -0.2) is 16.5 Å². The monoisotopic (exact) mass is 231 g/mol. The van der Waals surface area contributed by atoms with E-state index in [4.69, 9.17) is 0 Å². The third-order valence-corrected chi connectivity index (χ3v) is 3.17. The lowest BCUT2D eigenvalue weighted by Crippen LogP contribution is -2.25. The second-order valence-electron chi connectivity index (χ2n) is 4.54. The van der Waals surface area contributed by atoms with Crippen molar-refractivity contribution in [3.05, 3.63) is 35.9 Å². The molecule has 0 aliphatic heterocycles. The van der Waals surface area contributed by atoms with Gasteiger partial charge in [-0.15, -0.1) is 0 Å². The molecule has 1 aromatic rings. The van der Waals surface area contributed by atoms with E-state index in [1.807, 2.05) is 6.20 Å². The Bertz CT molecular complexity index is 359. The first-order valence-electron chi connectivity index (χ1n) is 6.60. The summed E-state index contributed by atoms with van der Waals surface area (Å²) in [5.74, 6) is 0. The average molecular weight is 231 g/mol. The van der Waals surface area contributed by atoms with Crippen LogP contribution in [0.15, 0.2) is 30.2 Å². The smallest absolute Gasteiger partial charge is 0.0798 e. The van der Waals surface area contributed by atoms with Gasteiger partial charge in [0, 0.05) is 12.4 Å². The van der Waals surface area contributed by atoms with Crippen LogP contribution in [-0.2, 0) is 0 Å². The summed E-state index contributed by atoms with van der Waals surface area (Å²) in [6, 6.07) is 0.268. The van der Waals surface area contributed by atoms with Gasteiger partial charge in [-0.2, -0.15) is 0 Å². The summed E-state index contributed by atoms with van der Waals surface area (Å²) in [6.45, 7) is 3.22. The highest BCUT2D eigenvalue weighted by molar-refractivity contribution is 5.21. The van der Waals surface area contributed by atoms with E-state index in [0.29, 0.717) is 0 Å². The number of rotatable bonds is 5. The van der Waals surface area contributed by atoms with Gasteiger partial charge in [0.05, 0.1) is 17.9 Å². The number of aromatic nitrogens is 2. The molecule has 0 fully saturated rings. The molecule has 1 aromatic heterocycles. The fourth-order valence-electron chi connectivity index (χ4n) is 2.30. The first-order chi connectivity index (χ1) is 8.42. The van der Waals surface area contributed by atoms with Crippen LogP contribution in [0.5, 0.6) is 0 Å². The number of allylic oxidation sites excluding steroid dienone is 1. The fourth-order valence-corrected chi connectivity index (χ4v) is 2.30. The number of nitrogens with zero attached hydrogens (tertiary/aromatic N) is 2. The van der Waals surface area contributed by atoms with Crippen molar-refractivity contribution in [2.75, 3.05) is 6.54 Å². The molecule has 0 amide bonds. The van der Waals surface area contributed by atoms with Gasteiger partial charge in [0.15, 0.2) is 0 Å². The second-order valence-corrected chi connectivity index (χ2v) is 4.54. The Hall–Kier alpha value is -1.22. The van der Waals surface area contributed by atoms with Gasteiger partial charge in [-0.1, -0.05) is 18.6 Å². The molecule has 1 unspecified atom stereocenters. The Morgan fingerprint density at radius 2 is 2.29 bits per heavy atom. The van der Waals surface area contributed by atoms with Crippen LogP contribution >= 0.6 is 0 Å². The summed E-state index contributed by atoms with van der Waals surface area (Å²) < 4.78 is 0. The van der Waals surface area contributed by atoms with Crippen molar-refractivity contribution >= 4 is 0 Å². The molecule has 3 heteroatoms.